The Kier molecular flexibility index (Phi) is 4.89. The van der Waals surface area contributed by atoms with Crippen LogP contribution in [0.15, 0.2) is 36.5 Å². The summed E-state index contributed by atoms with van der Waals surface area (Å²) in [6, 6.07) is 8.08. The van der Waals surface area contributed by atoms with Crippen molar-refractivity contribution in [1.29, 1.82) is 0 Å². The molecule has 0 bridgehead atoms. The van der Waals surface area contributed by atoms with Crippen molar-refractivity contribution >= 4 is 34.5 Å². The van der Waals surface area contributed by atoms with Crippen LogP contribution < -0.4 is 5.32 Å². The van der Waals surface area contributed by atoms with E-state index in [0.717, 1.165) is 11.1 Å². The van der Waals surface area contributed by atoms with Gasteiger partial charge in [0.25, 0.3) is 5.91 Å². The number of benzene rings is 1. The number of carbonyl (C=O) groups excluding carboxylic acids is 1. The van der Waals surface area contributed by atoms with E-state index in [-0.39, 0.29) is 12.0 Å². The monoisotopic (exact) mass is 386 g/mol. The van der Waals surface area contributed by atoms with Gasteiger partial charge in [-0.2, -0.15) is 5.10 Å². The molecule has 0 saturated heterocycles. The molecule has 1 unspecified atom stereocenters. The minimum atomic E-state index is -1.57. The van der Waals surface area contributed by atoms with Gasteiger partial charge in [0.1, 0.15) is 0 Å². The highest BCUT2D eigenvalue weighted by atomic mass is 35.5. The molecule has 0 radical (unpaired) electrons. The Balaban J connectivity index is 2.01. The fraction of sp³-hybridized carbons (Fsp3) is 0.263. The molecule has 0 saturated carbocycles. The molecule has 0 aliphatic rings. The lowest BCUT2D eigenvalue weighted by atomic mass is 9.87. The second kappa shape index (κ2) is 7.00. The number of nitrogens with one attached hydrogen (secondary N) is 1. The van der Waals surface area contributed by atoms with Gasteiger partial charge in [-0.05, 0) is 37.1 Å². The first-order valence-electron chi connectivity index (χ1n) is 8.40. The number of pyridine rings is 1. The predicted molar refractivity (Wildman–Crippen MR) is 102 cm³/mol. The lowest BCUT2D eigenvalue weighted by Crippen LogP contribution is -2.51. The Labute approximate surface area is 161 Å². The molecule has 8 heteroatoms. The van der Waals surface area contributed by atoms with Gasteiger partial charge in [0.05, 0.1) is 11.3 Å². The van der Waals surface area contributed by atoms with E-state index in [1.807, 2.05) is 6.92 Å². The average molecular weight is 387 g/mol. The predicted octanol–water partition coefficient (Wildman–Crippen LogP) is 3.05. The highest BCUT2D eigenvalue weighted by Gasteiger charge is 2.40. The zero-order valence-corrected chi connectivity index (χ0v) is 15.9. The maximum Gasteiger partial charge on any atom is 0.334 e. The average Bonchev–Trinajstić information content (AvgIpc) is 2.93. The Morgan fingerprint density at radius 2 is 1.96 bits per heavy atom. The van der Waals surface area contributed by atoms with E-state index >= 15 is 0 Å². The van der Waals surface area contributed by atoms with Gasteiger partial charge >= 0.3 is 5.97 Å². The molecule has 2 heterocycles. The number of aliphatic carboxylic acids is 1. The van der Waals surface area contributed by atoms with Crippen LogP contribution in [0.2, 0.25) is 5.02 Å². The van der Waals surface area contributed by atoms with E-state index in [1.165, 1.54) is 6.20 Å². The normalized spacial score (nSPS) is 13.3. The van der Waals surface area contributed by atoms with Crippen molar-refractivity contribution in [3.05, 3.63) is 58.4 Å². The summed E-state index contributed by atoms with van der Waals surface area (Å²) in [7, 11) is 1.77. The Morgan fingerprint density at radius 1 is 1.30 bits per heavy atom. The minimum absolute atomic E-state index is 0.164. The van der Waals surface area contributed by atoms with Crippen LogP contribution >= 0.6 is 11.6 Å². The molecule has 3 rings (SSSR count). The van der Waals surface area contributed by atoms with Gasteiger partial charge in [0.2, 0.25) is 0 Å². The largest absolute Gasteiger partial charge is 0.479 e. The first-order valence-corrected chi connectivity index (χ1v) is 8.77. The summed E-state index contributed by atoms with van der Waals surface area (Å²) < 4.78 is 1.63. The maximum absolute atomic E-state index is 12.9. The highest BCUT2D eigenvalue weighted by molar-refractivity contribution is 6.30. The lowest BCUT2D eigenvalue weighted by molar-refractivity contribution is -0.145. The van der Waals surface area contributed by atoms with E-state index in [0.29, 0.717) is 16.2 Å². The van der Waals surface area contributed by atoms with Crippen molar-refractivity contribution in [2.24, 2.45) is 7.05 Å². The summed E-state index contributed by atoms with van der Waals surface area (Å²) in [4.78, 5) is 29.2. The molecule has 2 N–H and O–H groups in total. The molecule has 140 valence electrons. The van der Waals surface area contributed by atoms with Crippen molar-refractivity contribution in [3.63, 3.8) is 0 Å². The minimum Gasteiger partial charge on any atom is -0.479 e. The molecule has 27 heavy (non-hydrogen) atoms. The van der Waals surface area contributed by atoms with Crippen LogP contribution in [0.1, 0.15) is 35.0 Å². The molecular weight excluding hydrogens is 368 g/mol. The molecule has 1 aromatic carbocycles. The Hall–Kier alpha value is -2.93. The fourth-order valence-corrected chi connectivity index (χ4v) is 3.25. The molecule has 2 aromatic heterocycles. The number of amides is 1. The van der Waals surface area contributed by atoms with Crippen molar-refractivity contribution in [1.82, 2.24) is 20.1 Å². The number of aromatic nitrogens is 3. The third-order valence-electron chi connectivity index (χ3n) is 4.68. The number of nitrogens with zero attached hydrogens (tertiary/aromatic N) is 3. The zero-order chi connectivity index (χ0) is 19.8. The van der Waals surface area contributed by atoms with E-state index in [4.69, 9.17) is 11.6 Å². The van der Waals surface area contributed by atoms with Crippen LogP contribution in [0, 0.1) is 6.92 Å². The smallest absolute Gasteiger partial charge is 0.334 e. The molecular formula is C19H19ClN4O3. The van der Waals surface area contributed by atoms with Crippen LogP contribution in [0.4, 0.5) is 0 Å². The summed E-state index contributed by atoms with van der Waals surface area (Å²) in [5.41, 5.74) is 0.545. The molecule has 1 atom stereocenters. The summed E-state index contributed by atoms with van der Waals surface area (Å²) in [6.07, 6.45) is 1.58. The molecule has 7 nitrogen and oxygen atoms in total. The van der Waals surface area contributed by atoms with Crippen LogP contribution in [0.3, 0.4) is 0 Å². The SMILES string of the molecule is CCC(NC(=O)c1cnc2c(c1)c(C)nn2C)(C(=O)O)c1ccc(Cl)cc1. The van der Waals surface area contributed by atoms with Gasteiger partial charge in [-0.3, -0.25) is 9.48 Å². The van der Waals surface area contributed by atoms with Crippen LogP contribution in [-0.4, -0.2) is 31.7 Å². The standard InChI is InChI=1S/C19H19ClN4O3/c1-4-19(18(26)27,13-5-7-14(20)8-6-13)22-17(25)12-9-15-11(2)23-24(3)16(15)21-10-12/h5-10H,4H2,1-3H3,(H,22,25)(H,26,27). The van der Waals surface area contributed by atoms with Gasteiger partial charge in [0.15, 0.2) is 11.2 Å². The lowest BCUT2D eigenvalue weighted by Gasteiger charge is -2.30. The number of carboxylic acids is 1. The molecule has 0 fully saturated rings. The van der Waals surface area contributed by atoms with Gasteiger partial charge in [-0.15, -0.1) is 0 Å². The molecule has 0 aliphatic heterocycles. The first kappa shape index (κ1) is 18.8. The molecule has 0 spiro atoms. The number of carbonyl (C=O) groups is 2. The highest BCUT2D eigenvalue weighted by Crippen LogP contribution is 2.28. The van der Waals surface area contributed by atoms with Crippen molar-refractivity contribution in [2.45, 2.75) is 25.8 Å². The zero-order valence-electron chi connectivity index (χ0n) is 15.2. The van der Waals surface area contributed by atoms with Crippen molar-refractivity contribution in [3.8, 4) is 0 Å². The van der Waals surface area contributed by atoms with Gasteiger partial charge in [0, 0.05) is 23.7 Å². The van der Waals surface area contributed by atoms with E-state index in [2.05, 4.69) is 15.4 Å². The number of carboxylic acid groups (broad SMARTS) is 1. The van der Waals surface area contributed by atoms with Crippen LogP contribution in [-0.2, 0) is 17.4 Å². The second-order valence-electron chi connectivity index (χ2n) is 6.33. The van der Waals surface area contributed by atoms with Gasteiger partial charge < -0.3 is 10.4 Å². The summed E-state index contributed by atoms with van der Waals surface area (Å²) >= 11 is 5.91. The number of hydrogen-bond donors (Lipinski definition) is 2. The summed E-state index contributed by atoms with van der Waals surface area (Å²) in [6.45, 7) is 3.53. The fourth-order valence-electron chi connectivity index (χ4n) is 3.13. The second-order valence-corrected chi connectivity index (χ2v) is 6.77. The van der Waals surface area contributed by atoms with E-state index in [1.54, 1.807) is 49.0 Å². The summed E-state index contributed by atoms with van der Waals surface area (Å²) in [5.74, 6) is -1.67. The van der Waals surface area contributed by atoms with Gasteiger partial charge in [-0.1, -0.05) is 30.7 Å². The third-order valence-corrected chi connectivity index (χ3v) is 4.94. The van der Waals surface area contributed by atoms with Crippen LogP contribution in [0.5, 0.6) is 0 Å². The summed E-state index contributed by atoms with van der Waals surface area (Å²) in [5, 5.41) is 18.1. The maximum atomic E-state index is 12.9. The number of halogens is 1. The molecule has 1 amide bonds. The number of hydrogen-bond acceptors (Lipinski definition) is 4. The topological polar surface area (TPSA) is 97.1 Å². The Bertz CT molecular complexity index is 1030. The Morgan fingerprint density at radius 3 is 2.56 bits per heavy atom. The van der Waals surface area contributed by atoms with E-state index in [9.17, 15) is 14.7 Å². The van der Waals surface area contributed by atoms with Crippen molar-refractivity contribution < 1.29 is 14.7 Å². The number of rotatable bonds is 5. The molecule has 0 aliphatic carbocycles. The quantitative estimate of drug-likeness (QED) is 0.702. The molecule has 3 aromatic rings. The van der Waals surface area contributed by atoms with E-state index < -0.39 is 17.4 Å². The number of fused-ring (bicyclic) bond motifs is 1. The van der Waals surface area contributed by atoms with Gasteiger partial charge in [-0.25, -0.2) is 9.78 Å². The third kappa shape index (κ3) is 3.26. The number of aryl methyl sites for hydroxylation is 2. The van der Waals surface area contributed by atoms with Crippen LogP contribution in [0.25, 0.3) is 11.0 Å². The first-order chi connectivity index (χ1) is 12.8. The van der Waals surface area contributed by atoms with Crippen molar-refractivity contribution in [2.75, 3.05) is 0 Å².